The summed E-state index contributed by atoms with van der Waals surface area (Å²) in [5.74, 6) is -2.19. The number of aromatic hydroxyl groups is 1. The number of aromatic nitrogens is 3. The minimum atomic E-state index is -0.979. The van der Waals surface area contributed by atoms with Crippen LogP contribution in [0.4, 0.5) is 5.95 Å². The maximum absolute atomic E-state index is 12.7. The van der Waals surface area contributed by atoms with Gasteiger partial charge in [0.05, 0.1) is 24.5 Å². The second-order valence-electron chi connectivity index (χ2n) is 9.72. The number of anilines is 1. The van der Waals surface area contributed by atoms with Crippen molar-refractivity contribution in [1.82, 2.24) is 20.3 Å². The lowest BCUT2D eigenvalue weighted by atomic mass is 9.96. The topological polar surface area (TPSA) is 170 Å². The van der Waals surface area contributed by atoms with Crippen molar-refractivity contribution in [2.45, 2.75) is 52.5 Å². The van der Waals surface area contributed by atoms with Crippen LogP contribution in [0, 0.1) is 5.41 Å². The lowest BCUT2D eigenvalue weighted by molar-refractivity contribution is -0.144. The van der Waals surface area contributed by atoms with E-state index in [1.54, 1.807) is 39.1 Å². The highest BCUT2D eigenvalue weighted by Crippen LogP contribution is 2.25. The van der Waals surface area contributed by atoms with E-state index in [0.717, 1.165) is 10.4 Å². The molecule has 1 atom stereocenters. The highest BCUT2D eigenvalue weighted by molar-refractivity contribution is 7.14. The zero-order valence-corrected chi connectivity index (χ0v) is 23.2. The third-order valence-corrected chi connectivity index (χ3v) is 6.84. The number of amides is 2. The number of thiophene rings is 1. The Kier molecular flexibility index (Phi) is 9.51. The van der Waals surface area contributed by atoms with Crippen molar-refractivity contribution in [2.24, 2.45) is 5.41 Å². The van der Waals surface area contributed by atoms with E-state index in [4.69, 9.17) is 4.74 Å². The molecule has 13 heteroatoms. The van der Waals surface area contributed by atoms with Gasteiger partial charge in [-0.3, -0.25) is 19.7 Å². The SMILES string of the molecule is COC(=O)CC[C@H](NC(=O)c1ccc(CCc2cnc3nc(NC(=O)C(C)(C)C)nc(O)c3c2)s1)C(=O)OC. The molecular formula is C26H31N5O7S. The fourth-order valence-electron chi connectivity index (χ4n) is 3.41. The van der Waals surface area contributed by atoms with Gasteiger partial charge in [-0.25, -0.2) is 9.78 Å². The molecule has 0 radical (unpaired) electrons. The van der Waals surface area contributed by atoms with Gasteiger partial charge in [-0.05, 0) is 43.0 Å². The average Bonchev–Trinajstić information content (AvgIpc) is 3.38. The number of nitrogens with zero attached hydrogens (tertiary/aromatic N) is 3. The molecule has 2 amide bonds. The van der Waals surface area contributed by atoms with E-state index in [-0.39, 0.29) is 36.2 Å². The summed E-state index contributed by atoms with van der Waals surface area (Å²) in [6, 6.07) is 4.24. The quantitative estimate of drug-likeness (QED) is 0.315. The van der Waals surface area contributed by atoms with E-state index in [0.29, 0.717) is 23.1 Å². The summed E-state index contributed by atoms with van der Waals surface area (Å²) in [7, 11) is 2.46. The molecule has 3 heterocycles. The van der Waals surface area contributed by atoms with E-state index in [2.05, 4.69) is 30.3 Å². The average molecular weight is 558 g/mol. The number of pyridine rings is 1. The molecule has 3 N–H and O–H groups in total. The molecule has 208 valence electrons. The van der Waals surface area contributed by atoms with Gasteiger partial charge in [0.1, 0.15) is 6.04 Å². The van der Waals surface area contributed by atoms with Crippen LogP contribution in [0.15, 0.2) is 24.4 Å². The first-order chi connectivity index (χ1) is 18.4. The van der Waals surface area contributed by atoms with Crippen LogP contribution in [0.2, 0.25) is 0 Å². The van der Waals surface area contributed by atoms with Crippen LogP contribution in [-0.4, -0.2) is 64.1 Å². The highest BCUT2D eigenvalue weighted by Gasteiger charge is 2.25. The van der Waals surface area contributed by atoms with Crippen molar-refractivity contribution in [3.05, 3.63) is 39.7 Å². The number of methoxy groups -OCH3 is 2. The number of aryl methyl sites for hydroxylation is 2. The molecule has 0 spiro atoms. The van der Waals surface area contributed by atoms with Gasteiger partial charge < -0.3 is 19.9 Å². The minimum Gasteiger partial charge on any atom is -0.493 e. The third-order valence-electron chi connectivity index (χ3n) is 5.70. The predicted molar refractivity (Wildman–Crippen MR) is 143 cm³/mol. The van der Waals surface area contributed by atoms with Gasteiger partial charge in [0, 0.05) is 22.9 Å². The maximum atomic E-state index is 12.7. The van der Waals surface area contributed by atoms with E-state index < -0.39 is 29.3 Å². The number of carbonyl (C=O) groups excluding carboxylic acids is 4. The smallest absolute Gasteiger partial charge is 0.328 e. The molecule has 0 bridgehead atoms. The Bertz CT molecular complexity index is 1380. The van der Waals surface area contributed by atoms with E-state index in [1.807, 2.05) is 6.07 Å². The number of nitrogens with one attached hydrogen (secondary N) is 2. The Morgan fingerprint density at radius 2 is 1.82 bits per heavy atom. The highest BCUT2D eigenvalue weighted by atomic mass is 32.1. The van der Waals surface area contributed by atoms with Crippen molar-refractivity contribution >= 4 is 52.1 Å². The van der Waals surface area contributed by atoms with E-state index >= 15 is 0 Å². The van der Waals surface area contributed by atoms with Crippen LogP contribution in [0.3, 0.4) is 0 Å². The third kappa shape index (κ3) is 7.93. The van der Waals surface area contributed by atoms with Crippen LogP contribution in [0.25, 0.3) is 11.0 Å². The van der Waals surface area contributed by atoms with Crippen molar-refractivity contribution in [1.29, 1.82) is 0 Å². The minimum absolute atomic E-state index is 0.0238. The Hall–Kier alpha value is -4.13. The molecule has 3 aromatic heterocycles. The fraction of sp³-hybridized carbons (Fsp3) is 0.423. The van der Waals surface area contributed by atoms with Crippen LogP contribution in [-0.2, 0) is 36.7 Å². The number of rotatable bonds is 10. The summed E-state index contributed by atoms with van der Waals surface area (Å²) in [5.41, 5.74) is 0.417. The van der Waals surface area contributed by atoms with Gasteiger partial charge in [0.2, 0.25) is 17.7 Å². The predicted octanol–water partition coefficient (Wildman–Crippen LogP) is 2.79. The summed E-state index contributed by atoms with van der Waals surface area (Å²) in [6.45, 7) is 5.26. The molecule has 39 heavy (non-hydrogen) atoms. The number of hydrogen-bond donors (Lipinski definition) is 3. The number of hydrogen-bond acceptors (Lipinski definition) is 11. The lowest BCUT2D eigenvalue weighted by Crippen LogP contribution is -2.41. The molecule has 12 nitrogen and oxygen atoms in total. The van der Waals surface area contributed by atoms with Crippen molar-refractivity contribution in [3.63, 3.8) is 0 Å². The molecule has 0 saturated heterocycles. The van der Waals surface area contributed by atoms with E-state index in [1.165, 1.54) is 25.6 Å². The normalized spacial score (nSPS) is 12.0. The first-order valence-corrected chi connectivity index (χ1v) is 12.9. The molecule has 0 aliphatic rings. The monoisotopic (exact) mass is 557 g/mol. The second-order valence-corrected chi connectivity index (χ2v) is 10.9. The Balaban J connectivity index is 1.64. The molecule has 0 aromatic carbocycles. The van der Waals surface area contributed by atoms with Crippen molar-refractivity contribution < 1.29 is 33.8 Å². The molecule has 0 fully saturated rings. The van der Waals surface area contributed by atoms with Gasteiger partial charge in [0.15, 0.2) is 5.65 Å². The van der Waals surface area contributed by atoms with Gasteiger partial charge in [0.25, 0.3) is 5.91 Å². The fourth-order valence-corrected chi connectivity index (χ4v) is 4.32. The van der Waals surface area contributed by atoms with Crippen LogP contribution < -0.4 is 10.6 Å². The number of carbonyl (C=O) groups is 4. The van der Waals surface area contributed by atoms with Gasteiger partial charge in [-0.15, -0.1) is 11.3 Å². The van der Waals surface area contributed by atoms with E-state index in [9.17, 15) is 24.3 Å². The van der Waals surface area contributed by atoms with Crippen molar-refractivity contribution in [3.8, 4) is 5.88 Å². The second kappa shape index (κ2) is 12.6. The van der Waals surface area contributed by atoms with Crippen molar-refractivity contribution in [2.75, 3.05) is 19.5 Å². The number of esters is 2. The summed E-state index contributed by atoms with van der Waals surface area (Å²) < 4.78 is 9.32. The van der Waals surface area contributed by atoms with Gasteiger partial charge >= 0.3 is 11.9 Å². The lowest BCUT2D eigenvalue weighted by Gasteiger charge is -2.16. The first-order valence-electron chi connectivity index (χ1n) is 12.1. The number of ether oxygens (including phenoxy) is 2. The molecule has 0 aliphatic carbocycles. The Labute approximate surface area is 229 Å². The molecule has 0 saturated carbocycles. The zero-order valence-electron chi connectivity index (χ0n) is 22.4. The Morgan fingerprint density at radius 3 is 2.49 bits per heavy atom. The van der Waals surface area contributed by atoms with Gasteiger partial charge in [-0.1, -0.05) is 20.8 Å². The summed E-state index contributed by atoms with van der Waals surface area (Å²) in [5, 5.41) is 16.0. The number of fused-ring (bicyclic) bond motifs is 1. The summed E-state index contributed by atoms with van der Waals surface area (Å²) in [4.78, 5) is 62.2. The molecular weight excluding hydrogens is 526 g/mol. The summed E-state index contributed by atoms with van der Waals surface area (Å²) in [6.07, 6.45) is 2.80. The molecule has 0 aliphatic heterocycles. The molecule has 3 aromatic rings. The largest absolute Gasteiger partial charge is 0.493 e. The van der Waals surface area contributed by atoms with Crippen LogP contribution >= 0.6 is 11.3 Å². The Morgan fingerprint density at radius 1 is 1.08 bits per heavy atom. The standard InChI is InChI=1S/C26H31N5O7S/c1-26(2,3)24(36)31-25-29-20-16(21(33)30-25)12-14(13-27-20)6-7-15-8-10-18(39-15)22(34)28-17(23(35)38-5)9-11-19(32)37-4/h8,10,12-13,17H,6-7,9,11H2,1-5H3,(H,28,34)(H2,27,29,30,31,33,36)/t17-/m0/s1. The van der Waals surface area contributed by atoms with Crippen LogP contribution in [0.5, 0.6) is 5.88 Å². The van der Waals surface area contributed by atoms with Crippen LogP contribution in [0.1, 0.15) is 53.7 Å². The van der Waals surface area contributed by atoms with Gasteiger partial charge in [-0.2, -0.15) is 9.97 Å². The molecule has 3 rings (SSSR count). The maximum Gasteiger partial charge on any atom is 0.328 e. The summed E-state index contributed by atoms with van der Waals surface area (Å²) >= 11 is 1.28. The molecule has 0 unspecified atom stereocenters. The zero-order chi connectivity index (χ0) is 28.7. The first kappa shape index (κ1) is 29.4.